The van der Waals surface area contributed by atoms with Gasteiger partial charge in [0, 0.05) is 5.56 Å². The van der Waals surface area contributed by atoms with Gasteiger partial charge in [0.05, 0.1) is 35.0 Å². The number of rotatable bonds is 8. The quantitative estimate of drug-likeness (QED) is 0.164. The van der Waals surface area contributed by atoms with E-state index in [2.05, 4.69) is 13.0 Å². The van der Waals surface area contributed by atoms with Crippen LogP contribution in [0.2, 0.25) is 0 Å². The van der Waals surface area contributed by atoms with Crippen LogP contribution in [0.4, 0.5) is 5.13 Å². The van der Waals surface area contributed by atoms with Crippen molar-refractivity contribution < 1.29 is 24.2 Å². The topological polar surface area (TPSA) is 89.0 Å². The first-order valence-corrected chi connectivity index (χ1v) is 13.4. The van der Waals surface area contributed by atoms with Crippen LogP contribution in [-0.2, 0) is 16.0 Å². The Balaban J connectivity index is 1.66. The first-order chi connectivity index (χ1) is 18.4. The van der Waals surface area contributed by atoms with Gasteiger partial charge in [0.2, 0.25) is 0 Å². The normalized spacial score (nSPS) is 16.8. The maximum absolute atomic E-state index is 13.5. The predicted octanol–water partition coefficient (Wildman–Crippen LogP) is 6.28. The molecule has 7 nitrogen and oxygen atoms in total. The Kier molecular flexibility index (Phi) is 7.15. The number of aryl methyl sites for hydroxylation is 1. The first kappa shape index (κ1) is 25.5. The molecule has 0 unspecified atom stereocenters. The second-order valence-corrected chi connectivity index (χ2v) is 9.79. The molecule has 8 heteroatoms. The molecule has 1 saturated heterocycles. The number of benzene rings is 3. The van der Waals surface area contributed by atoms with Crippen molar-refractivity contribution in [2.45, 2.75) is 33.2 Å². The third kappa shape index (κ3) is 4.63. The lowest BCUT2D eigenvalue weighted by Gasteiger charge is -2.23. The zero-order valence-electron chi connectivity index (χ0n) is 21.4. The fourth-order valence-corrected chi connectivity index (χ4v) is 5.63. The number of Topliss-reactive ketones (excluding diaryl/α,β-unsaturated/α-hetero) is 1. The summed E-state index contributed by atoms with van der Waals surface area (Å²) in [6, 6.07) is 19.1. The van der Waals surface area contributed by atoms with E-state index in [1.165, 1.54) is 16.2 Å². The number of fused-ring (bicyclic) bond motifs is 1. The molecule has 0 saturated carbocycles. The average molecular weight is 529 g/mol. The maximum Gasteiger partial charge on any atom is 0.301 e. The van der Waals surface area contributed by atoms with E-state index in [0.29, 0.717) is 41.0 Å². The fourth-order valence-electron chi connectivity index (χ4n) is 4.57. The van der Waals surface area contributed by atoms with Gasteiger partial charge in [-0.15, -0.1) is 0 Å². The Morgan fingerprint density at radius 1 is 0.921 bits per heavy atom. The van der Waals surface area contributed by atoms with E-state index >= 15 is 0 Å². The second kappa shape index (κ2) is 10.7. The van der Waals surface area contributed by atoms with Gasteiger partial charge in [0.15, 0.2) is 5.13 Å². The number of anilines is 1. The Morgan fingerprint density at radius 2 is 1.55 bits per heavy atom. The van der Waals surface area contributed by atoms with Gasteiger partial charge >= 0.3 is 5.91 Å². The molecule has 0 spiro atoms. The zero-order chi connectivity index (χ0) is 26.8. The maximum atomic E-state index is 13.5. The summed E-state index contributed by atoms with van der Waals surface area (Å²) in [5.74, 6) is -0.419. The number of aliphatic hydroxyl groups is 1. The number of ketones is 1. The monoisotopic (exact) mass is 528 g/mol. The molecule has 1 aromatic heterocycles. The SMILES string of the molecule is CCOc1ccc(/C(O)=C2\C(=O)C(=O)N(c3nc4ccc(CC)cc4s3)[C@H]2c2ccc(OCC)cc2)cc1. The third-order valence-electron chi connectivity index (χ3n) is 6.45. The molecule has 1 aliphatic heterocycles. The molecule has 38 heavy (non-hydrogen) atoms. The van der Waals surface area contributed by atoms with Crippen LogP contribution >= 0.6 is 11.3 Å². The van der Waals surface area contributed by atoms with Crippen LogP contribution in [0.25, 0.3) is 16.0 Å². The summed E-state index contributed by atoms with van der Waals surface area (Å²) >= 11 is 1.35. The standard InChI is InChI=1S/C30H28N2O5S/c1-4-18-7-16-23-24(17-18)38-30(31-23)32-26(19-8-12-21(13-9-19)36-5-2)25(28(34)29(32)35)27(33)20-10-14-22(15-11-20)37-6-3/h7-17,26,33H,4-6H2,1-3H3/b27-25+/t26-/m0/s1. The first-order valence-electron chi connectivity index (χ1n) is 12.6. The number of ether oxygens (including phenoxy) is 2. The van der Waals surface area contributed by atoms with Gasteiger partial charge in [0.25, 0.3) is 5.78 Å². The molecule has 3 aromatic carbocycles. The van der Waals surface area contributed by atoms with Gasteiger partial charge < -0.3 is 14.6 Å². The van der Waals surface area contributed by atoms with E-state index < -0.39 is 17.7 Å². The minimum atomic E-state index is -0.858. The van der Waals surface area contributed by atoms with Crippen molar-refractivity contribution in [1.29, 1.82) is 0 Å². The lowest BCUT2D eigenvalue weighted by atomic mass is 9.95. The van der Waals surface area contributed by atoms with Crippen LogP contribution in [-0.4, -0.2) is 35.0 Å². The van der Waals surface area contributed by atoms with E-state index in [9.17, 15) is 14.7 Å². The smallest absolute Gasteiger partial charge is 0.301 e. The summed E-state index contributed by atoms with van der Waals surface area (Å²) in [7, 11) is 0. The molecule has 0 aliphatic carbocycles. The third-order valence-corrected chi connectivity index (χ3v) is 7.46. The van der Waals surface area contributed by atoms with E-state index in [-0.39, 0.29) is 11.3 Å². The molecule has 5 rings (SSSR count). The number of hydrogen-bond donors (Lipinski definition) is 1. The molecule has 0 bridgehead atoms. The molecular weight excluding hydrogens is 500 g/mol. The van der Waals surface area contributed by atoms with Crippen molar-refractivity contribution >= 4 is 44.1 Å². The number of aromatic nitrogens is 1. The summed E-state index contributed by atoms with van der Waals surface area (Å²) in [5, 5.41) is 11.8. The van der Waals surface area contributed by atoms with Gasteiger partial charge in [-0.25, -0.2) is 4.98 Å². The summed E-state index contributed by atoms with van der Waals surface area (Å²) < 4.78 is 12.0. The molecular formula is C30H28N2O5S. The number of nitrogens with zero attached hydrogens (tertiary/aromatic N) is 2. The van der Waals surface area contributed by atoms with Gasteiger partial charge in [-0.2, -0.15) is 0 Å². The van der Waals surface area contributed by atoms with Gasteiger partial charge in [-0.3, -0.25) is 14.5 Å². The Morgan fingerprint density at radius 3 is 2.16 bits per heavy atom. The summed E-state index contributed by atoms with van der Waals surface area (Å²) in [5.41, 5.74) is 3.00. The number of amides is 1. The highest BCUT2D eigenvalue weighted by Gasteiger charge is 2.48. The molecule has 1 fully saturated rings. The second-order valence-electron chi connectivity index (χ2n) is 8.78. The Labute approximate surface area is 225 Å². The van der Waals surface area contributed by atoms with Gasteiger partial charge in [-0.1, -0.05) is 36.5 Å². The molecule has 4 aromatic rings. The predicted molar refractivity (Wildman–Crippen MR) is 149 cm³/mol. The van der Waals surface area contributed by atoms with Crippen LogP contribution in [0.15, 0.2) is 72.3 Å². The van der Waals surface area contributed by atoms with E-state index in [1.54, 1.807) is 36.4 Å². The number of carbonyl (C=O) groups is 2. The molecule has 1 N–H and O–H groups in total. The van der Waals surface area contributed by atoms with Crippen LogP contribution in [0.3, 0.4) is 0 Å². The molecule has 194 valence electrons. The number of carbonyl (C=O) groups excluding carboxylic acids is 2. The molecule has 2 heterocycles. The largest absolute Gasteiger partial charge is 0.507 e. The fraction of sp³-hybridized carbons (Fsp3) is 0.233. The Bertz CT molecular complexity index is 1520. The molecule has 1 amide bonds. The van der Waals surface area contributed by atoms with E-state index in [4.69, 9.17) is 14.5 Å². The number of aliphatic hydroxyl groups excluding tert-OH is 1. The lowest BCUT2D eigenvalue weighted by Crippen LogP contribution is -2.29. The van der Waals surface area contributed by atoms with Crippen molar-refractivity contribution in [2.75, 3.05) is 18.1 Å². The van der Waals surface area contributed by atoms with Crippen LogP contribution in [0, 0.1) is 0 Å². The molecule has 1 aliphatic rings. The lowest BCUT2D eigenvalue weighted by molar-refractivity contribution is -0.132. The summed E-state index contributed by atoms with van der Waals surface area (Å²) in [6.45, 7) is 6.89. The minimum absolute atomic E-state index is 0.0109. The summed E-state index contributed by atoms with van der Waals surface area (Å²) in [4.78, 5) is 33.1. The average Bonchev–Trinajstić information content (AvgIpc) is 3.47. The highest BCUT2D eigenvalue weighted by Crippen LogP contribution is 2.44. The minimum Gasteiger partial charge on any atom is -0.507 e. The number of hydrogen-bond acceptors (Lipinski definition) is 7. The van der Waals surface area contributed by atoms with E-state index in [1.807, 2.05) is 38.1 Å². The van der Waals surface area contributed by atoms with Gasteiger partial charge in [-0.05, 0) is 79.9 Å². The van der Waals surface area contributed by atoms with E-state index in [0.717, 1.165) is 22.2 Å². The van der Waals surface area contributed by atoms with Crippen LogP contribution < -0.4 is 14.4 Å². The number of thiazole rings is 1. The molecule has 1 atom stereocenters. The van der Waals surface area contributed by atoms with Crippen LogP contribution in [0.5, 0.6) is 11.5 Å². The Hall–Kier alpha value is -4.17. The highest BCUT2D eigenvalue weighted by atomic mass is 32.1. The van der Waals surface area contributed by atoms with Gasteiger partial charge in [0.1, 0.15) is 17.3 Å². The van der Waals surface area contributed by atoms with Crippen LogP contribution in [0.1, 0.15) is 43.5 Å². The highest BCUT2D eigenvalue weighted by molar-refractivity contribution is 7.22. The van der Waals surface area contributed by atoms with Crippen molar-refractivity contribution in [3.8, 4) is 11.5 Å². The van der Waals surface area contributed by atoms with Crippen molar-refractivity contribution in [1.82, 2.24) is 4.98 Å². The van der Waals surface area contributed by atoms with Crippen molar-refractivity contribution in [2.24, 2.45) is 0 Å². The van der Waals surface area contributed by atoms with Crippen molar-refractivity contribution in [3.63, 3.8) is 0 Å². The zero-order valence-corrected chi connectivity index (χ0v) is 22.2. The summed E-state index contributed by atoms with van der Waals surface area (Å²) in [6.07, 6.45) is 0.877. The molecule has 0 radical (unpaired) electrons. The van der Waals surface area contributed by atoms with Crippen molar-refractivity contribution in [3.05, 3.63) is 89.0 Å².